The van der Waals surface area contributed by atoms with Crippen LogP contribution in [0.1, 0.15) is 26.0 Å². The summed E-state index contributed by atoms with van der Waals surface area (Å²) in [6, 6.07) is 7.11. The third kappa shape index (κ3) is 3.62. The minimum absolute atomic E-state index is 0.109. The highest BCUT2D eigenvalue weighted by Gasteiger charge is 2.09. The maximum absolute atomic E-state index is 9.68. The standard InChI is InChI=1S/C16H21N3O2/c1-4-6-12-10-15(17-5-2)19-16(18-12)11-7-8-13(20)14(9-11)21-3/h7-10,20H,4-6H2,1-3H3,(H,17,18,19). The summed E-state index contributed by atoms with van der Waals surface area (Å²) in [5, 5.41) is 12.9. The molecule has 0 amide bonds. The SMILES string of the molecule is CCCc1cc(NCC)nc(-c2ccc(O)c(OC)c2)n1. The number of ether oxygens (including phenoxy) is 1. The maximum Gasteiger partial charge on any atom is 0.161 e. The third-order valence-electron chi connectivity index (χ3n) is 3.08. The van der Waals surface area contributed by atoms with Crippen LogP contribution >= 0.6 is 0 Å². The Kier molecular flexibility index (Phi) is 4.98. The molecule has 0 atom stereocenters. The molecule has 0 aliphatic carbocycles. The van der Waals surface area contributed by atoms with Crippen molar-refractivity contribution in [3.05, 3.63) is 30.0 Å². The highest BCUT2D eigenvalue weighted by atomic mass is 16.5. The normalized spacial score (nSPS) is 10.4. The van der Waals surface area contributed by atoms with E-state index in [1.165, 1.54) is 7.11 Å². The van der Waals surface area contributed by atoms with Gasteiger partial charge in [-0.1, -0.05) is 13.3 Å². The van der Waals surface area contributed by atoms with Crippen molar-refractivity contribution < 1.29 is 9.84 Å². The topological polar surface area (TPSA) is 67.3 Å². The van der Waals surface area contributed by atoms with Gasteiger partial charge in [0.25, 0.3) is 0 Å². The number of hydrogen-bond acceptors (Lipinski definition) is 5. The van der Waals surface area contributed by atoms with Crippen LogP contribution < -0.4 is 10.1 Å². The number of phenolic OH excluding ortho intramolecular Hbond substituents is 1. The summed E-state index contributed by atoms with van der Waals surface area (Å²) in [7, 11) is 1.53. The molecule has 0 spiro atoms. The Morgan fingerprint density at radius 3 is 2.67 bits per heavy atom. The molecule has 2 aromatic rings. The second-order valence-corrected chi connectivity index (χ2v) is 4.74. The van der Waals surface area contributed by atoms with E-state index >= 15 is 0 Å². The lowest BCUT2D eigenvalue weighted by atomic mass is 10.1. The van der Waals surface area contributed by atoms with Crippen LogP contribution in [0.4, 0.5) is 5.82 Å². The van der Waals surface area contributed by atoms with Gasteiger partial charge in [-0.25, -0.2) is 9.97 Å². The Balaban J connectivity index is 2.46. The third-order valence-corrected chi connectivity index (χ3v) is 3.08. The lowest BCUT2D eigenvalue weighted by Crippen LogP contribution is -2.04. The van der Waals surface area contributed by atoms with E-state index in [9.17, 15) is 5.11 Å². The average molecular weight is 287 g/mol. The fourth-order valence-corrected chi connectivity index (χ4v) is 2.10. The van der Waals surface area contributed by atoms with Gasteiger partial charge in [-0.3, -0.25) is 0 Å². The van der Waals surface area contributed by atoms with Gasteiger partial charge in [0.2, 0.25) is 0 Å². The fraction of sp³-hybridized carbons (Fsp3) is 0.375. The molecule has 1 aromatic carbocycles. The molecular weight excluding hydrogens is 266 g/mol. The monoisotopic (exact) mass is 287 g/mol. The zero-order valence-electron chi connectivity index (χ0n) is 12.7. The van der Waals surface area contributed by atoms with Crippen LogP contribution in [0.2, 0.25) is 0 Å². The lowest BCUT2D eigenvalue weighted by molar-refractivity contribution is 0.373. The van der Waals surface area contributed by atoms with E-state index in [4.69, 9.17) is 4.74 Å². The van der Waals surface area contributed by atoms with Gasteiger partial charge < -0.3 is 15.2 Å². The Morgan fingerprint density at radius 1 is 1.19 bits per heavy atom. The molecule has 112 valence electrons. The molecular formula is C16H21N3O2. The summed E-state index contributed by atoms with van der Waals surface area (Å²) in [5.74, 6) is 1.98. The van der Waals surface area contributed by atoms with E-state index in [0.717, 1.165) is 36.5 Å². The van der Waals surface area contributed by atoms with Gasteiger partial charge in [-0.2, -0.15) is 0 Å². The van der Waals surface area contributed by atoms with Crippen molar-refractivity contribution >= 4 is 5.82 Å². The van der Waals surface area contributed by atoms with Crippen molar-refractivity contribution in [1.82, 2.24) is 9.97 Å². The fourth-order valence-electron chi connectivity index (χ4n) is 2.10. The molecule has 0 bridgehead atoms. The van der Waals surface area contributed by atoms with Crippen LogP contribution in [0.3, 0.4) is 0 Å². The summed E-state index contributed by atoms with van der Waals surface area (Å²) in [6.45, 7) is 4.96. The maximum atomic E-state index is 9.68. The van der Waals surface area contributed by atoms with Crippen LogP contribution in [0.25, 0.3) is 11.4 Å². The van der Waals surface area contributed by atoms with Crippen molar-refractivity contribution in [1.29, 1.82) is 0 Å². The minimum atomic E-state index is 0.109. The van der Waals surface area contributed by atoms with E-state index < -0.39 is 0 Å². The van der Waals surface area contributed by atoms with E-state index in [-0.39, 0.29) is 5.75 Å². The van der Waals surface area contributed by atoms with Crippen LogP contribution in [0.15, 0.2) is 24.3 Å². The number of aromatic nitrogens is 2. The number of benzene rings is 1. The number of hydrogen-bond donors (Lipinski definition) is 2. The quantitative estimate of drug-likeness (QED) is 0.853. The van der Waals surface area contributed by atoms with Crippen LogP contribution in [-0.4, -0.2) is 28.7 Å². The second kappa shape index (κ2) is 6.92. The highest BCUT2D eigenvalue weighted by molar-refractivity contribution is 5.62. The van der Waals surface area contributed by atoms with Crippen LogP contribution in [0.5, 0.6) is 11.5 Å². The van der Waals surface area contributed by atoms with Crippen LogP contribution in [-0.2, 0) is 6.42 Å². The summed E-state index contributed by atoms with van der Waals surface area (Å²) < 4.78 is 5.14. The molecule has 5 nitrogen and oxygen atoms in total. The molecule has 0 fully saturated rings. The Hall–Kier alpha value is -2.30. The average Bonchev–Trinajstić information content (AvgIpc) is 2.48. The largest absolute Gasteiger partial charge is 0.504 e. The zero-order valence-corrected chi connectivity index (χ0v) is 12.7. The number of rotatable bonds is 6. The van der Waals surface area contributed by atoms with Gasteiger partial charge in [0.05, 0.1) is 7.11 Å². The van der Waals surface area contributed by atoms with E-state index in [2.05, 4.69) is 22.2 Å². The summed E-state index contributed by atoms with van der Waals surface area (Å²) in [4.78, 5) is 9.11. The van der Waals surface area contributed by atoms with Gasteiger partial charge in [-0.05, 0) is 31.5 Å². The number of anilines is 1. The molecule has 0 saturated carbocycles. The van der Waals surface area contributed by atoms with E-state index in [0.29, 0.717) is 11.6 Å². The molecule has 1 heterocycles. The van der Waals surface area contributed by atoms with Gasteiger partial charge in [-0.15, -0.1) is 0 Å². The number of phenols is 1. The molecule has 5 heteroatoms. The molecule has 0 aliphatic heterocycles. The first-order chi connectivity index (χ1) is 10.2. The molecule has 0 radical (unpaired) electrons. The highest BCUT2D eigenvalue weighted by Crippen LogP contribution is 2.30. The second-order valence-electron chi connectivity index (χ2n) is 4.74. The van der Waals surface area contributed by atoms with Gasteiger partial charge >= 0.3 is 0 Å². The molecule has 1 aromatic heterocycles. The van der Waals surface area contributed by atoms with Gasteiger partial charge in [0.15, 0.2) is 17.3 Å². The Labute approximate surface area is 125 Å². The first kappa shape index (κ1) is 15.1. The molecule has 0 unspecified atom stereocenters. The predicted molar refractivity (Wildman–Crippen MR) is 83.8 cm³/mol. The summed E-state index contributed by atoms with van der Waals surface area (Å²) >= 11 is 0. The number of aryl methyl sites for hydroxylation is 1. The first-order valence-corrected chi connectivity index (χ1v) is 7.17. The van der Waals surface area contributed by atoms with Crippen molar-refractivity contribution in [2.75, 3.05) is 19.0 Å². The Morgan fingerprint density at radius 2 is 2.00 bits per heavy atom. The van der Waals surface area contributed by atoms with Crippen molar-refractivity contribution in [2.24, 2.45) is 0 Å². The molecule has 0 aliphatic rings. The van der Waals surface area contributed by atoms with Crippen molar-refractivity contribution in [3.63, 3.8) is 0 Å². The van der Waals surface area contributed by atoms with Gasteiger partial charge in [0, 0.05) is 23.9 Å². The molecule has 21 heavy (non-hydrogen) atoms. The van der Waals surface area contributed by atoms with E-state index in [1.807, 2.05) is 13.0 Å². The predicted octanol–water partition coefficient (Wildman–Crippen LogP) is 3.24. The number of methoxy groups -OCH3 is 1. The first-order valence-electron chi connectivity index (χ1n) is 7.17. The van der Waals surface area contributed by atoms with Crippen LogP contribution in [0, 0.1) is 0 Å². The lowest BCUT2D eigenvalue weighted by Gasteiger charge is -2.10. The molecule has 0 saturated heterocycles. The Bertz CT molecular complexity index is 590. The minimum Gasteiger partial charge on any atom is -0.504 e. The van der Waals surface area contributed by atoms with Crippen molar-refractivity contribution in [2.45, 2.75) is 26.7 Å². The summed E-state index contributed by atoms with van der Waals surface area (Å²) in [5.41, 5.74) is 1.83. The van der Waals surface area contributed by atoms with Crippen molar-refractivity contribution in [3.8, 4) is 22.9 Å². The molecule has 2 rings (SSSR count). The number of aromatic hydroxyl groups is 1. The molecule has 2 N–H and O–H groups in total. The smallest absolute Gasteiger partial charge is 0.161 e. The number of nitrogens with one attached hydrogen (secondary N) is 1. The summed E-state index contributed by atoms with van der Waals surface area (Å²) in [6.07, 6.45) is 1.93. The van der Waals surface area contributed by atoms with Gasteiger partial charge in [0.1, 0.15) is 5.82 Å². The van der Waals surface area contributed by atoms with E-state index in [1.54, 1.807) is 18.2 Å². The zero-order chi connectivity index (χ0) is 15.2. The number of nitrogens with zero attached hydrogens (tertiary/aromatic N) is 2.